The number of carbonyl (C=O) groups is 3. The topological polar surface area (TPSA) is 117 Å². The van der Waals surface area contributed by atoms with Crippen molar-refractivity contribution in [1.82, 2.24) is 5.43 Å². The molecule has 8 nitrogen and oxygen atoms in total. The zero-order chi connectivity index (χ0) is 20.3. The Morgan fingerprint density at radius 2 is 1.70 bits per heavy atom. The molecule has 1 rings (SSSR count). The number of nitrogens with zero attached hydrogens (tertiary/aromatic N) is 1. The van der Waals surface area contributed by atoms with E-state index in [4.69, 9.17) is 9.84 Å². The number of hydrogen-bond donors (Lipinski definition) is 3. The number of benzene rings is 1. The van der Waals surface area contributed by atoms with Crippen LogP contribution in [0.1, 0.15) is 58.4 Å². The Hall–Kier alpha value is -2.90. The molecule has 3 N–H and O–H groups in total. The molecule has 0 heterocycles. The molecule has 0 spiro atoms. The second-order valence-corrected chi connectivity index (χ2v) is 7.00. The molecular formula is C19H27N3O5. The number of nitrogens with one attached hydrogen (secondary N) is 2. The van der Waals surface area contributed by atoms with Gasteiger partial charge < -0.3 is 9.84 Å². The molecule has 0 fully saturated rings. The Balaban J connectivity index is 2.32. The Bertz CT molecular complexity index is 663. The van der Waals surface area contributed by atoms with Gasteiger partial charge in [0.1, 0.15) is 5.60 Å². The van der Waals surface area contributed by atoms with Crippen LogP contribution in [0.4, 0.5) is 10.5 Å². The monoisotopic (exact) mass is 377 g/mol. The van der Waals surface area contributed by atoms with Gasteiger partial charge in [0.05, 0.1) is 6.21 Å². The molecule has 0 saturated carbocycles. The third kappa shape index (κ3) is 11.4. The van der Waals surface area contributed by atoms with Crippen LogP contribution in [0, 0.1) is 0 Å². The first-order chi connectivity index (χ1) is 12.7. The van der Waals surface area contributed by atoms with Gasteiger partial charge in [-0.05, 0) is 51.3 Å². The number of ether oxygens (including phenoxy) is 1. The highest BCUT2D eigenvalue weighted by molar-refractivity contribution is 5.87. The smallest absolute Gasteiger partial charge is 0.412 e. The molecule has 0 aromatic heterocycles. The molecule has 0 aliphatic rings. The highest BCUT2D eigenvalue weighted by Crippen LogP contribution is 2.12. The average molecular weight is 377 g/mol. The van der Waals surface area contributed by atoms with E-state index in [1.807, 2.05) is 0 Å². The molecule has 2 amide bonds. The number of unbranched alkanes of at least 4 members (excludes halogenated alkanes) is 2. The summed E-state index contributed by atoms with van der Waals surface area (Å²) in [5, 5.41) is 15.0. The molecule has 1 aromatic rings. The zero-order valence-electron chi connectivity index (χ0n) is 15.9. The lowest BCUT2D eigenvalue weighted by molar-refractivity contribution is -0.137. The number of carbonyl (C=O) groups excluding carboxylic acids is 2. The molecule has 0 aliphatic carbocycles. The molecule has 1 aromatic carbocycles. The maximum absolute atomic E-state index is 11.7. The number of amides is 2. The molecular weight excluding hydrogens is 350 g/mol. The van der Waals surface area contributed by atoms with E-state index in [-0.39, 0.29) is 12.3 Å². The molecule has 0 radical (unpaired) electrons. The highest BCUT2D eigenvalue weighted by Gasteiger charge is 2.15. The Labute approximate surface area is 159 Å². The SMILES string of the molecule is CC(C)(C)OC(=O)Nc1ccc(/C=N/NC(=O)CCCCCC(=O)O)cc1. The van der Waals surface area contributed by atoms with Crippen LogP contribution in [-0.4, -0.2) is 34.9 Å². The van der Waals surface area contributed by atoms with E-state index in [0.29, 0.717) is 31.4 Å². The summed E-state index contributed by atoms with van der Waals surface area (Å²) in [7, 11) is 0. The highest BCUT2D eigenvalue weighted by atomic mass is 16.6. The Morgan fingerprint density at radius 3 is 2.30 bits per heavy atom. The zero-order valence-corrected chi connectivity index (χ0v) is 15.9. The van der Waals surface area contributed by atoms with Gasteiger partial charge in [-0.2, -0.15) is 5.10 Å². The van der Waals surface area contributed by atoms with Crippen LogP contribution < -0.4 is 10.7 Å². The average Bonchev–Trinajstić information content (AvgIpc) is 2.54. The molecule has 0 aliphatic heterocycles. The van der Waals surface area contributed by atoms with Gasteiger partial charge in [0.15, 0.2) is 0 Å². The lowest BCUT2D eigenvalue weighted by Gasteiger charge is -2.19. The van der Waals surface area contributed by atoms with Crippen molar-refractivity contribution in [2.45, 2.75) is 58.5 Å². The largest absolute Gasteiger partial charge is 0.481 e. The van der Waals surface area contributed by atoms with Crippen LogP contribution in [0.15, 0.2) is 29.4 Å². The summed E-state index contributed by atoms with van der Waals surface area (Å²) < 4.78 is 5.17. The van der Waals surface area contributed by atoms with E-state index in [0.717, 1.165) is 5.56 Å². The van der Waals surface area contributed by atoms with Crippen molar-refractivity contribution in [1.29, 1.82) is 0 Å². The summed E-state index contributed by atoms with van der Waals surface area (Å²) in [5.74, 6) is -1.04. The van der Waals surface area contributed by atoms with Gasteiger partial charge in [-0.15, -0.1) is 0 Å². The van der Waals surface area contributed by atoms with Crippen molar-refractivity contribution in [3.05, 3.63) is 29.8 Å². The molecule has 0 saturated heterocycles. The van der Waals surface area contributed by atoms with E-state index < -0.39 is 17.7 Å². The van der Waals surface area contributed by atoms with Crippen LogP contribution in [-0.2, 0) is 14.3 Å². The summed E-state index contributed by atoms with van der Waals surface area (Å²) in [6.07, 6.45) is 3.28. The predicted molar refractivity (Wildman–Crippen MR) is 103 cm³/mol. The molecule has 0 unspecified atom stereocenters. The molecule has 27 heavy (non-hydrogen) atoms. The van der Waals surface area contributed by atoms with E-state index in [2.05, 4.69) is 15.8 Å². The van der Waals surface area contributed by atoms with Crippen molar-refractivity contribution >= 4 is 29.9 Å². The van der Waals surface area contributed by atoms with E-state index >= 15 is 0 Å². The third-order valence-electron chi connectivity index (χ3n) is 3.25. The lowest BCUT2D eigenvalue weighted by atomic mass is 10.1. The first-order valence-corrected chi connectivity index (χ1v) is 8.79. The van der Waals surface area contributed by atoms with Gasteiger partial charge in [0.2, 0.25) is 5.91 Å². The minimum Gasteiger partial charge on any atom is -0.481 e. The van der Waals surface area contributed by atoms with Gasteiger partial charge >= 0.3 is 12.1 Å². The van der Waals surface area contributed by atoms with Crippen LogP contribution in [0.2, 0.25) is 0 Å². The predicted octanol–water partition coefficient (Wildman–Crippen LogP) is 3.52. The number of carboxylic acid groups (broad SMARTS) is 1. The van der Waals surface area contributed by atoms with Gasteiger partial charge in [-0.1, -0.05) is 18.6 Å². The minimum atomic E-state index is -0.823. The van der Waals surface area contributed by atoms with Crippen LogP contribution in [0.3, 0.4) is 0 Å². The number of aliphatic carboxylic acids is 1. The lowest BCUT2D eigenvalue weighted by Crippen LogP contribution is -2.27. The second kappa shape index (κ2) is 10.9. The van der Waals surface area contributed by atoms with Crippen molar-refractivity contribution in [3.8, 4) is 0 Å². The fourth-order valence-corrected chi connectivity index (χ4v) is 2.05. The Morgan fingerprint density at radius 1 is 1.07 bits per heavy atom. The fourth-order valence-electron chi connectivity index (χ4n) is 2.05. The maximum Gasteiger partial charge on any atom is 0.412 e. The first kappa shape index (κ1) is 22.1. The summed E-state index contributed by atoms with van der Waals surface area (Å²) in [6, 6.07) is 6.90. The van der Waals surface area contributed by atoms with Crippen LogP contribution in [0.25, 0.3) is 0 Å². The van der Waals surface area contributed by atoms with Crippen molar-refractivity contribution in [2.24, 2.45) is 5.10 Å². The minimum absolute atomic E-state index is 0.124. The molecule has 148 valence electrons. The van der Waals surface area contributed by atoms with Gasteiger partial charge in [0, 0.05) is 18.5 Å². The third-order valence-corrected chi connectivity index (χ3v) is 3.25. The van der Waals surface area contributed by atoms with Crippen molar-refractivity contribution in [3.63, 3.8) is 0 Å². The summed E-state index contributed by atoms with van der Waals surface area (Å²) in [6.45, 7) is 5.36. The Kier molecular flexibility index (Phi) is 8.98. The number of hydrogen-bond acceptors (Lipinski definition) is 5. The number of carboxylic acids is 1. The second-order valence-electron chi connectivity index (χ2n) is 7.00. The quantitative estimate of drug-likeness (QED) is 0.346. The molecule has 0 bridgehead atoms. The van der Waals surface area contributed by atoms with Crippen molar-refractivity contribution < 1.29 is 24.2 Å². The van der Waals surface area contributed by atoms with Crippen molar-refractivity contribution in [2.75, 3.05) is 5.32 Å². The summed E-state index contributed by atoms with van der Waals surface area (Å²) >= 11 is 0. The standard InChI is InChI=1S/C19H27N3O5/c1-19(2,3)27-18(26)21-15-11-9-14(10-12-15)13-20-22-16(23)7-5-4-6-8-17(24)25/h9-13H,4-8H2,1-3H3,(H,21,26)(H,22,23)(H,24,25)/b20-13+. The van der Waals surface area contributed by atoms with E-state index in [1.165, 1.54) is 6.21 Å². The van der Waals surface area contributed by atoms with Crippen LogP contribution >= 0.6 is 0 Å². The number of hydrazone groups is 1. The molecule has 8 heteroatoms. The molecule has 0 atom stereocenters. The first-order valence-electron chi connectivity index (χ1n) is 8.79. The maximum atomic E-state index is 11.7. The van der Waals surface area contributed by atoms with E-state index in [9.17, 15) is 14.4 Å². The van der Waals surface area contributed by atoms with Gasteiger partial charge in [0.25, 0.3) is 0 Å². The number of rotatable bonds is 9. The van der Waals surface area contributed by atoms with E-state index in [1.54, 1.807) is 45.0 Å². The van der Waals surface area contributed by atoms with Crippen LogP contribution in [0.5, 0.6) is 0 Å². The van der Waals surface area contributed by atoms with Gasteiger partial charge in [-0.25, -0.2) is 10.2 Å². The number of anilines is 1. The summed E-state index contributed by atoms with van der Waals surface area (Å²) in [5.41, 5.74) is 3.21. The normalized spacial score (nSPS) is 11.2. The summed E-state index contributed by atoms with van der Waals surface area (Å²) in [4.78, 5) is 33.7. The fraction of sp³-hybridized carbons (Fsp3) is 0.474. The van der Waals surface area contributed by atoms with Gasteiger partial charge in [-0.3, -0.25) is 14.9 Å².